The molecule has 2 aliphatic rings. The number of benzene rings is 1. The number of rotatable bonds is 4. The number of aromatic hydroxyl groups is 1. The van der Waals surface area contributed by atoms with Crippen molar-refractivity contribution in [2.75, 3.05) is 32.7 Å². The fourth-order valence-electron chi connectivity index (χ4n) is 3.77. The van der Waals surface area contributed by atoms with Gasteiger partial charge < -0.3 is 25.0 Å². The largest absolute Gasteiger partial charge is 0.507 e. The number of ether oxygens (including phenoxy) is 1. The standard InChI is InChI=1S/C21H24N4O4/c26-19-4-2-1-3-17(19)20(27)24-9-11-25(12-10-24)21(28)18-13-16(14-23-18)29-15-5-7-22-8-6-15/h1-8,16,18,23,26H,9-14H2/t16-,18-/m0/s1. The van der Waals surface area contributed by atoms with E-state index in [0.717, 1.165) is 5.75 Å². The molecule has 152 valence electrons. The van der Waals surface area contributed by atoms with Crippen LogP contribution in [-0.2, 0) is 4.79 Å². The maximum Gasteiger partial charge on any atom is 0.257 e. The van der Waals surface area contributed by atoms with Crippen LogP contribution < -0.4 is 10.1 Å². The molecule has 2 fully saturated rings. The van der Waals surface area contributed by atoms with Crippen molar-refractivity contribution < 1.29 is 19.4 Å². The molecule has 2 N–H and O–H groups in total. The van der Waals surface area contributed by atoms with Gasteiger partial charge in [0.1, 0.15) is 17.6 Å². The van der Waals surface area contributed by atoms with Crippen LogP contribution in [0.2, 0.25) is 0 Å². The summed E-state index contributed by atoms with van der Waals surface area (Å²) in [5, 5.41) is 13.1. The predicted molar refractivity (Wildman–Crippen MR) is 106 cm³/mol. The van der Waals surface area contributed by atoms with Crippen molar-refractivity contribution in [1.82, 2.24) is 20.1 Å². The summed E-state index contributed by atoms with van der Waals surface area (Å²) in [6, 6.07) is 9.85. The Hall–Kier alpha value is -3.13. The molecule has 0 spiro atoms. The first-order valence-corrected chi connectivity index (χ1v) is 9.78. The molecular formula is C21H24N4O4. The minimum atomic E-state index is -0.276. The number of aromatic nitrogens is 1. The van der Waals surface area contributed by atoms with Gasteiger partial charge in [0, 0.05) is 51.5 Å². The number of hydrogen-bond donors (Lipinski definition) is 2. The van der Waals surface area contributed by atoms with Gasteiger partial charge in [0.05, 0.1) is 11.6 Å². The third kappa shape index (κ3) is 4.32. The summed E-state index contributed by atoms with van der Waals surface area (Å²) in [6.07, 6.45) is 3.90. The summed E-state index contributed by atoms with van der Waals surface area (Å²) in [5.41, 5.74) is 0.292. The van der Waals surface area contributed by atoms with E-state index in [1.807, 2.05) is 0 Å². The van der Waals surface area contributed by atoms with E-state index in [4.69, 9.17) is 4.74 Å². The summed E-state index contributed by atoms with van der Waals surface area (Å²) < 4.78 is 5.90. The highest BCUT2D eigenvalue weighted by atomic mass is 16.5. The Morgan fingerprint density at radius 2 is 1.72 bits per heavy atom. The number of hydrogen-bond acceptors (Lipinski definition) is 6. The molecule has 1 aromatic heterocycles. The lowest BCUT2D eigenvalue weighted by Gasteiger charge is -2.36. The molecule has 4 rings (SSSR count). The lowest BCUT2D eigenvalue weighted by atomic mass is 10.1. The van der Waals surface area contributed by atoms with Crippen molar-refractivity contribution in [1.29, 1.82) is 0 Å². The zero-order valence-corrected chi connectivity index (χ0v) is 16.0. The highest BCUT2D eigenvalue weighted by molar-refractivity contribution is 5.97. The zero-order chi connectivity index (χ0) is 20.2. The van der Waals surface area contributed by atoms with Crippen LogP contribution in [0.4, 0.5) is 0 Å². The predicted octanol–water partition coefficient (Wildman–Crippen LogP) is 0.881. The molecule has 3 heterocycles. The number of carbonyl (C=O) groups is 2. The first-order chi connectivity index (χ1) is 14.1. The second kappa shape index (κ2) is 8.48. The molecule has 8 heteroatoms. The number of phenolic OH excluding ortho intramolecular Hbond substituents is 1. The summed E-state index contributed by atoms with van der Waals surface area (Å²) in [4.78, 5) is 32.9. The van der Waals surface area contributed by atoms with Crippen LogP contribution in [0.1, 0.15) is 16.8 Å². The first-order valence-electron chi connectivity index (χ1n) is 9.78. The van der Waals surface area contributed by atoms with E-state index in [9.17, 15) is 14.7 Å². The quantitative estimate of drug-likeness (QED) is 0.797. The third-order valence-corrected chi connectivity index (χ3v) is 5.35. The molecular weight excluding hydrogens is 372 g/mol. The average Bonchev–Trinajstić information content (AvgIpc) is 3.22. The van der Waals surface area contributed by atoms with Gasteiger partial charge in [0.2, 0.25) is 5.91 Å². The molecule has 2 atom stereocenters. The van der Waals surface area contributed by atoms with E-state index in [2.05, 4.69) is 10.3 Å². The SMILES string of the molecule is O=C(c1ccccc1O)N1CCN(C(=O)[C@@H]2C[C@H](Oc3ccncc3)CN2)CC1. The Bertz CT molecular complexity index is 868. The average molecular weight is 396 g/mol. The van der Waals surface area contributed by atoms with Gasteiger partial charge in [0.25, 0.3) is 5.91 Å². The van der Waals surface area contributed by atoms with Crippen LogP contribution in [-0.4, -0.2) is 76.6 Å². The van der Waals surface area contributed by atoms with Gasteiger partial charge >= 0.3 is 0 Å². The number of piperazine rings is 1. The highest BCUT2D eigenvalue weighted by Crippen LogP contribution is 2.20. The Balaban J connectivity index is 1.28. The van der Waals surface area contributed by atoms with Gasteiger partial charge in [-0.2, -0.15) is 0 Å². The summed E-state index contributed by atoms with van der Waals surface area (Å²) >= 11 is 0. The topological polar surface area (TPSA) is 95.0 Å². The second-order valence-corrected chi connectivity index (χ2v) is 7.25. The number of nitrogens with one attached hydrogen (secondary N) is 1. The fourth-order valence-corrected chi connectivity index (χ4v) is 3.77. The molecule has 0 unspecified atom stereocenters. The smallest absolute Gasteiger partial charge is 0.257 e. The van der Waals surface area contributed by atoms with E-state index >= 15 is 0 Å². The summed E-state index contributed by atoms with van der Waals surface area (Å²) in [5.74, 6) is 0.558. The van der Waals surface area contributed by atoms with Gasteiger partial charge in [0.15, 0.2) is 0 Å². The van der Waals surface area contributed by atoms with E-state index in [1.165, 1.54) is 6.07 Å². The van der Waals surface area contributed by atoms with Crippen molar-refractivity contribution in [3.63, 3.8) is 0 Å². The van der Waals surface area contributed by atoms with Gasteiger partial charge in [-0.3, -0.25) is 14.6 Å². The van der Waals surface area contributed by atoms with Crippen LogP contribution in [0, 0.1) is 0 Å². The molecule has 0 saturated carbocycles. The first kappa shape index (κ1) is 19.2. The van der Waals surface area contributed by atoms with Crippen molar-refractivity contribution in [2.24, 2.45) is 0 Å². The van der Waals surface area contributed by atoms with Gasteiger partial charge in [-0.25, -0.2) is 0 Å². The monoisotopic (exact) mass is 396 g/mol. The van der Waals surface area contributed by atoms with E-state index in [1.54, 1.807) is 52.5 Å². The number of para-hydroxylation sites is 1. The Morgan fingerprint density at radius 3 is 2.45 bits per heavy atom. The number of phenols is 1. The Morgan fingerprint density at radius 1 is 1.03 bits per heavy atom. The Labute approximate surface area is 169 Å². The van der Waals surface area contributed by atoms with Crippen molar-refractivity contribution >= 4 is 11.8 Å². The number of nitrogens with zero attached hydrogens (tertiary/aromatic N) is 3. The second-order valence-electron chi connectivity index (χ2n) is 7.25. The maximum atomic E-state index is 12.9. The zero-order valence-electron chi connectivity index (χ0n) is 16.0. The minimum absolute atomic E-state index is 0.0219. The third-order valence-electron chi connectivity index (χ3n) is 5.35. The summed E-state index contributed by atoms with van der Waals surface area (Å²) in [7, 11) is 0. The number of amides is 2. The molecule has 2 saturated heterocycles. The van der Waals surface area contributed by atoms with Crippen LogP contribution in [0.25, 0.3) is 0 Å². The van der Waals surface area contributed by atoms with Crippen molar-refractivity contribution in [2.45, 2.75) is 18.6 Å². The van der Waals surface area contributed by atoms with E-state index in [-0.39, 0.29) is 29.7 Å². The van der Waals surface area contributed by atoms with Crippen LogP contribution in [0.3, 0.4) is 0 Å². The van der Waals surface area contributed by atoms with Crippen molar-refractivity contribution in [3.05, 3.63) is 54.4 Å². The summed E-state index contributed by atoms with van der Waals surface area (Å²) in [6.45, 7) is 2.47. The molecule has 29 heavy (non-hydrogen) atoms. The molecule has 0 radical (unpaired) electrons. The maximum absolute atomic E-state index is 12.9. The molecule has 2 amide bonds. The van der Waals surface area contributed by atoms with Crippen molar-refractivity contribution in [3.8, 4) is 11.5 Å². The number of carbonyl (C=O) groups excluding carboxylic acids is 2. The Kier molecular flexibility index (Phi) is 5.62. The molecule has 0 bridgehead atoms. The van der Waals surface area contributed by atoms with Crippen LogP contribution in [0.5, 0.6) is 11.5 Å². The van der Waals surface area contributed by atoms with Gasteiger partial charge in [-0.1, -0.05) is 12.1 Å². The van der Waals surface area contributed by atoms with Crippen LogP contribution in [0.15, 0.2) is 48.8 Å². The number of pyridine rings is 1. The minimum Gasteiger partial charge on any atom is -0.507 e. The molecule has 8 nitrogen and oxygen atoms in total. The normalized spacial score (nSPS) is 21.8. The van der Waals surface area contributed by atoms with Gasteiger partial charge in [-0.15, -0.1) is 0 Å². The molecule has 1 aromatic carbocycles. The molecule has 0 aliphatic carbocycles. The van der Waals surface area contributed by atoms with Gasteiger partial charge in [-0.05, 0) is 24.3 Å². The van der Waals surface area contributed by atoms with Crippen LogP contribution >= 0.6 is 0 Å². The lowest BCUT2D eigenvalue weighted by molar-refractivity contribution is -0.134. The van der Waals surface area contributed by atoms with E-state index in [0.29, 0.717) is 44.7 Å². The fraction of sp³-hybridized carbons (Fsp3) is 0.381. The molecule has 2 aromatic rings. The highest BCUT2D eigenvalue weighted by Gasteiger charge is 2.35. The molecule has 2 aliphatic heterocycles. The van der Waals surface area contributed by atoms with E-state index < -0.39 is 0 Å². The lowest BCUT2D eigenvalue weighted by Crippen LogP contribution is -2.54.